The van der Waals surface area contributed by atoms with Crippen molar-refractivity contribution in [3.8, 4) is 0 Å². The van der Waals surface area contributed by atoms with Crippen LogP contribution in [0.15, 0.2) is 0 Å². The van der Waals surface area contributed by atoms with Gasteiger partial charge in [0, 0.05) is 24.8 Å². The predicted molar refractivity (Wildman–Crippen MR) is 126 cm³/mol. The van der Waals surface area contributed by atoms with E-state index in [1.807, 2.05) is 0 Å². The lowest BCUT2D eigenvalue weighted by Crippen LogP contribution is -2.74. The van der Waals surface area contributed by atoms with Crippen LogP contribution < -0.4 is 43.2 Å². The van der Waals surface area contributed by atoms with Crippen LogP contribution in [-0.2, 0) is 14.8 Å². The smallest absolute Gasteiger partial charge is 0.212 e. The average molecular weight is 487 g/mol. The van der Waals surface area contributed by atoms with Gasteiger partial charge in [-0.05, 0) is 62.7 Å². The zero-order chi connectivity index (χ0) is 23.2. The number of nitrogens with one attached hydrogen (secondary N) is 5. The minimum atomic E-state index is -3.51. The van der Waals surface area contributed by atoms with Gasteiger partial charge in [-0.1, -0.05) is 6.42 Å². The molecule has 0 amide bonds. The molecule has 0 aromatic rings. The molecule has 5 aliphatic rings. The van der Waals surface area contributed by atoms with Crippen molar-refractivity contribution in [3.63, 3.8) is 0 Å². The summed E-state index contributed by atoms with van der Waals surface area (Å²) in [4.78, 5) is 0. The average Bonchev–Trinajstić information content (AvgIpc) is 3.38. The first-order valence-electron chi connectivity index (χ1n) is 12.7. The van der Waals surface area contributed by atoms with Crippen molar-refractivity contribution < 1.29 is 13.2 Å². The molecule has 0 aromatic carbocycles. The normalized spacial score (nSPS) is 48.4. The van der Waals surface area contributed by atoms with Gasteiger partial charge >= 0.3 is 0 Å². The first-order valence-corrected chi connectivity index (χ1v) is 14.3. The molecule has 3 saturated carbocycles. The molecule has 3 aliphatic carbocycles. The summed E-state index contributed by atoms with van der Waals surface area (Å²) in [6.45, 7) is 1.39. The minimum Gasteiger partial charge on any atom is -0.361 e. The number of primary sulfonamides is 1. The number of fused-ring (bicyclic) bond motifs is 2. The largest absolute Gasteiger partial charge is 0.361 e. The highest BCUT2D eigenvalue weighted by molar-refractivity contribution is 7.89. The summed E-state index contributed by atoms with van der Waals surface area (Å²) in [6.07, 6.45) is 6.98. The molecule has 190 valence electrons. The van der Waals surface area contributed by atoms with E-state index < -0.39 is 15.3 Å². The fourth-order valence-corrected chi connectivity index (χ4v) is 8.00. The number of rotatable bonds is 6. The van der Waals surface area contributed by atoms with E-state index in [-0.39, 0.29) is 36.8 Å². The number of hydrogen-bond donors (Lipinski definition) is 8. The van der Waals surface area contributed by atoms with Crippen molar-refractivity contribution in [2.45, 2.75) is 99.5 Å². The summed E-state index contributed by atoms with van der Waals surface area (Å²) in [7, 11) is -3.51. The Bertz CT molecular complexity index is 787. The third-order valence-electron chi connectivity index (χ3n) is 8.60. The first-order chi connectivity index (χ1) is 15.8. The van der Waals surface area contributed by atoms with Crippen LogP contribution in [0.5, 0.6) is 0 Å². The van der Waals surface area contributed by atoms with Crippen LogP contribution in [0.25, 0.3) is 0 Å². The third kappa shape index (κ3) is 5.55. The summed E-state index contributed by atoms with van der Waals surface area (Å²) in [5, 5.41) is 22.5. The van der Waals surface area contributed by atoms with Gasteiger partial charge in [0.05, 0.1) is 24.1 Å². The van der Waals surface area contributed by atoms with Crippen LogP contribution >= 0.6 is 0 Å². The maximum Gasteiger partial charge on any atom is 0.212 e. The number of sulfonamides is 1. The Labute approximate surface area is 197 Å². The monoisotopic (exact) mass is 486 g/mol. The molecular formula is C21H42N8O3S. The summed E-state index contributed by atoms with van der Waals surface area (Å²) in [5.74, 6) is 1.66. The predicted octanol–water partition coefficient (Wildman–Crippen LogP) is -2.07. The van der Waals surface area contributed by atoms with Gasteiger partial charge in [-0.25, -0.2) is 13.6 Å². The molecule has 2 heterocycles. The zero-order valence-corrected chi connectivity index (χ0v) is 20.1. The van der Waals surface area contributed by atoms with E-state index in [2.05, 4.69) is 26.6 Å². The number of nitrogens with two attached hydrogens (primary N) is 3. The molecular weight excluding hydrogens is 444 g/mol. The standard InChI is InChI=1S/C21H42N8O3S/c22-13-6-12-4-11(5-17(23)16(12)7-13)9-32-20-18-19(26-10-25-18)28-21(29-20)27-14-2-1-3-15(8-14)33(24,30)31/h11-21,25-29H,1-10,22-23H2,(H2,24,30,31)/t11-,12-,13-,14?,15?,16-,17+,18?,19?,20?,21?/m1/s1. The molecule has 11 atom stereocenters. The Morgan fingerprint density at radius 2 is 1.85 bits per heavy atom. The highest BCUT2D eigenvalue weighted by Crippen LogP contribution is 2.43. The quantitative estimate of drug-likeness (QED) is 0.208. The molecule has 2 saturated heterocycles. The molecule has 5 fully saturated rings. The van der Waals surface area contributed by atoms with E-state index in [0.29, 0.717) is 49.9 Å². The second-order valence-electron chi connectivity index (χ2n) is 11.0. The molecule has 11 N–H and O–H groups in total. The van der Waals surface area contributed by atoms with E-state index in [0.717, 1.165) is 38.5 Å². The van der Waals surface area contributed by atoms with E-state index in [1.165, 1.54) is 0 Å². The van der Waals surface area contributed by atoms with Crippen LogP contribution in [-0.4, -0.2) is 69.8 Å². The summed E-state index contributed by atoms with van der Waals surface area (Å²) in [5.41, 5.74) is 12.7. The number of ether oxygens (including phenoxy) is 1. The second kappa shape index (κ2) is 9.92. The molecule has 11 nitrogen and oxygen atoms in total. The summed E-state index contributed by atoms with van der Waals surface area (Å²) in [6, 6.07) is 0.708. The molecule has 12 heteroatoms. The lowest BCUT2D eigenvalue weighted by Gasteiger charge is -2.43. The van der Waals surface area contributed by atoms with Crippen LogP contribution in [0.3, 0.4) is 0 Å². The van der Waals surface area contributed by atoms with E-state index in [4.69, 9.17) is 21.3 Å². The highest BCUT2D eigenvalue weighted by Gasteiger charge is 2.44. The third-order valence-corrected chi connectivity index (χ3v) is 9.96. The van der Waals surface area contributed by atoms with Crippen molar-refractivity contribution in [3.05, 3.63) is 0 Å². The van der Waals surface area contributed by atoms with Crippen LogP contribution in [0, 0.1) is 17.8 Å². The fourth-order valence-electron chi connectivity index (χ4n) is 7.01. The van der Waals surface area contributed by atoms with Crippen molar-refractivity contribution >= 4 is 10.0 Å². The molecule has 6 unspecified atom stereocenters. The van der Waals surface area contributed by atoms with Crippen LogP contribution in [0.4, 0.5) is 0 Å². The highest BCUT2D eigenvalue weighted by atomic mass is 32.2. The molecule has 5 rings (SSSR count). The minimum absolute atomic E-state index is 0.0669. The zero-order valence-electron chi connectivity index (χ0n) is 19.3. The van der Waals surface area contributed by atoms with Crippen LogP contribution in [0.2, 0.25) is 0 Å². The van der Waals surface area contributed by atoms with Gasteiger partial charge in [-0.3, -0.25) is 26.6 Å². The number of hydrogen-bond acceptors (Lipinski definition) is 10. The first kappa shape index (κ1) is 24.3. The molecule has 0 spiro atoms. The van der Waals surface area contributed by atoms with Crippen molar-refractivity contribution in [1.29, 1.82) is 0 Å². The van der Waals surface area contributed by atoms with Gasteiger partial charge in [-0.2, -0.15) is 0 Å². The molecule has 0 bridgehead atoms. The topological polar surface area (TPSA) is 182 Å². The maximum absolute atomic E-state index is 11.8. The lowest BCUT2D eigenvalue weighted by molar-refractivity contribution is -0.0593. The van der Waals surface area contributed by atoms with Gasteiger partial charge in [0.1, 0.15) is 12.5 Å². The fraction of sp³-hybridized carbons (Fsp3) is 1.00. The SMILES string of the molecule is N[C@@H]1C[C@H]2C[C@@H](COC3NC(NC4CCCC(S(N)(=O)=O)C4)NC4NCNC43)C[C@H](N)[C@@H]2C1. The van der Waals surface area contributed by atoms with Crippen LogP contribution in [0.1, 0.15) is 51.4 Å². The van der Waals surface area contributed by atoms with Gasteiger partial charge in [0.15, 0.2) is 0 Å². The maximum atomic E-state index is 11.8. The Hall–Kier alpha value is -0.410. The van der Waals surface area contributed by atoms with Gasteiger partial charge in [0.25, 0.3) is 0 Å². The molecule has 0 aromatic heterocycles. The van der Waals surface area contributed by atoms with Crippen molar-refractivity contribution in [1.82, 2.24) is 26.6 Å². The Morgan fingerprint density at radius 1 is 1.00 bits per heavy atom. The Morgan fingerprint density at radius 3 is 2.67 bits per heavy atom. The van der Waals surface area contributed by atoms with E-state index in [9.17, 15) is 8.42 Å². The Kier molecular flexibility index (Phi) is 7.30. The van der Waals surface area contributed by atoms with Crippen molar-refractivity contribution in [2.75, 3.05) is 13.3 Å². The lowest BCUT2D eigenvalue weighted by atomic mass is 9.73. The summed E-state index contributed by atoms with van der Waals surface area (Å²) < 4.78 is 30.1. The molecule has 0 radical (unpaired) electrons. The molecule has 2 aliphatic heterocycles. The van der Waals surface area contributed by atoms with E-state index in [1.54, 1.807) is 0 Å². The molecule has 33 heavy (non-hydrogen) atoms. The van der Waals surface area contributed by atoms with Gasteiger partial charge < -0.3 is 16.2 Å². The van der Waals surface area contributed by atoms with Gasteiger partial charge in [-0.15, -0.1) is 0 Å². The van der Waals surface area contributed by atoms with E-state index >= 15 is 0 Å². The van der Waals surface area contributed by atoms with Gasteiger partial charge in [0.2, 0.25) is 10.0 Å². The Balaban J connectivity index is 1.16. The summed E-state index contributed by atoms with van der Waals surface area (Å²) >= 11 is 0. The second-order valence-corrected chi connectivity index (χ2v) is 12.9. The van der Waals surface area contributed by atoms with Crippen molar-refractivity contribution in [2.24, 2.45) is 34.4 Å².